The molecule has 2 rings (SSSR count). The summed E-state index contributed by atoms with van der Waals surface area (Å²) in [6, 6.07) is 14.2. The third-order valence-corrected chi connectivity index (χ3v) is 3.01. The molecule has 0 radical (unpaired) electrons. The number of hydrogen-bond donors (Lipinski definition) is 0. The Morgan fingerprint density at radius 1 is 1.11 bits per heavy atom. The molecule has 19 heavy (non-hydrogen) atoms. The molecule has 3 nitrogen and oxygen atoms in total. The highest BCUT2D eigenvalue weighted by Gasteiger charge is 2.13. The fraction of sp³-hybridized carbons (Fsp3) is 0.133. The highest BCUT2D eigenvalue weighted by atomic mass is 35.5. The first-order chi connectivity index (χ1) is 9.22. The van der Waals surface area contributed by atoms with Gasteiger partial charge in [0.1, 0.15) is 17.9 Å². The van der Waals surface area contributed by atoms with Crippen LogP contribution in [0, 0.1) is 0 Å². The van der Waals surface area contributed by atoms with Crippen molar-refractivity contribution in [2.24, 2.45) is 0 Å². The molecular formula is C15H13ClO3. The van der Waals surface area contributed by atoms with Gasteiger partial charge in [0.15, 0.2) is 0 Å². The van der Waals surface area contributed by atoms with E-state index in [4.69, 9.17) is 21.1 Å². The van der Waals surface area contributed by atoms with Gasteiger partial charge in [0.05, 0.1) is 7.11 Å². The molecule has 0 unspecified atom stereocenters. The predicted octanol–water partition coefficient (Wildman–Crippen LogP) is 3.71. The van der Waals surface area contributed by atoms with E-state index in [9.17, 15) is 4.79 Å². The van der Waals surface area contributed by atoms with Crippen molar-refractivity contribution in [3.8, 4) is 5.75 Å². The zero-order valence-electron chi connectivity index (χ0n) is 10.4. The number of esters is 1. The first-order valence-corrected chi connectivity index (χ1v) is 6.13. The van der Waals surface area contributed by atoms with Crippen LogP contribution < -0.4 is 4.74 Å². The Morgan fingerprint density at radius 2 is 1.79 bits per heavy atom. The van der Waals surface area contributed by atoms with Gasteiger partial charge in [0, 0.05) is 10.6 Å². The van der Waals surface area contributed by atoms with Crippen LogP contribution in [-0.4, -0.2) is 13.1 Å². The van der Waals surface area contributed by atoms with E-state index in [1.54, 1.807) is 30.3 Å². The summed E-state index contributed by atoms with van der Waals surface area (Å²) >= 11 is 6.00. The molecule has 98 valence electrons. The number of rotatable bonds is 4. The SMILES string of the molecule is COc1ccccc1C(=O)OCc1ccccc1Cl. The average Bonchev–Trinajstić information content (AvgIpc) is 2.46. The van der Waals surface area contributed by atoms with Crippen molar-refractivity contribution in [2.75, 3.05) is 7.11 Å². The van der Waals surface area contributed by atoms with Crippen LogP contribution in [0.15, 0.2) is 48.5 Å². The van der Waals surface area contributed by atoms with Gasteiger partial charge >= 0.3 is 5.97 Å². The number of carbonyl (C=O) groups excluding carboxylic acids is 1. The van der Waals surface area contributed by atoms with E-state index in [0.29, 0.717) is 16.3 Å². The van der Waals surface area contributed by atoms with Crippen LogP contribution in [0.3, 0.4) is 0 Å². The fourth-order valence-electron chi connectivity index (χ4n) is 1.65. The fourth-order valence-corrected chi connectivity index (χ4v) is 1.84. The van der Waals surface area contributed by atoms with Crippen molar-refractivity contribution < 1.29 is 14.3 Å². The highest BCUT2D eigenvalue weighted by Crippen LogP contribution is 2.20. The molecule has 0 atom stereocenters. The van der Waals surface area contributed by atoms with Crippen molar-refractivity contribution in [3.63, 3.8) is 0 Å². The summed E-state index contributed by atoms with van der Waals surface area (Å²) in [5.74, 6) is 0.0593. The molecule has 0 bridgehead atoms. The van der Waals surface area contributed by atoms with Crippen LogP contribution >= 0.6 is 11.6 Å². The van der Waals surface area contributed by atoms with Gasteiger partial charge in [-0.15, -0.1) is 0 Å². The van der Waals surface area contributed by atoms with Gasteiger partial charge in [-0.05, 0) is 18.2 Å². The lowest BCUT2D eigenvalue weighted by molar-refractivity contribution is 0.0469. The van der Waals surface area contributed by atoms with Crippen molar-refractivity contribution in [1.82, 2.24) is 0 Å². The van der Waals surface area contributed by atoms with Gasteiger partial charge < -0.3 is 9.47 Å². The molecule has 0 saturated carbocycles. The largest absolute Gasteiger partial charge is 0.496 e. The number of benzene rings is 2. The zero-order valence-corrected chi connectivity index (χ0v) is 11.2. The summed E-state index contributed by atoms with van der Waals surface area (Å²) in [6.07, 6.45) is 0. The van der Waals surface area contributed by atoms with Crippen molar-refractivity contribution >= 4 is 17.6 Å². The van der Waals surface area contributed by atoms with Gasteiger partial charge in [0.25, 0.3) is 0 Å². The lowest BCUT2D eigenvalue weighted by Crippen LogP contribution is -2.07. The van der Waals surface area contributed by atoms with Crippen LogP contribution in [0.2, 0.25) is 5.02 Å². The van der Waals surface area contributed by atoms with Crippen LogP contribution in [0.5, 0.6) is 5.75 Å². The summed E-state index contributed by atoms with van der Waals surface area (Å²) in [5, 5.41) is 0.579. The number of carbonyl (C=O) groups is 1. The van der Waals surface area contributed by atoms with E-state index < -0.39 is 5.97 Å². The van der Waals surface area contributed by atoms with Gasteiger partial charge in [0.2, 0.25) is 0 Å². The first-order valence-electron chi connectivity index (χ1n) is 5.76. The molecule has 0 aromatic heterocycles. The van der Waals surface area contributed by atoms with Gasteiger partial charge in [-0.2, -0.15) is 0 Å². The zero-order chi connectivity index (χ0) is 13.7. The second kappa shape index (κ2) is 6.25. The van der Waals surface area contributed by atoms with Crippen LogP contribution in [0.25, 0.3) is 0 Å². The number of hydrogen-bond acceptors (Lipinski definition) is 3. The summed E-state index contributed by atoms with van der Waals surface area (Å²) in [5.41, 5.74) is 1.17. The maximum atomic E-state index is 12.0. The molecule has 0 N–H and O–H groups in total. The highest BCUT2D eigenvalue weighted by molar-refractivity contribution is 6.31. The number of methoxy groups -OCH3 is 1. The smallest absolute Gasteiger partial charge is 0.342 e. The summed E-state index contributed by atoms with van der Waals surface area (Å²) in [4.78, 5) is 12.0. The third kappa shape index (κ3) is 3.26. The van der Waals surface area contributed by atoms with Gasteiger partial charge in [-0.3, -0.25) is 0 Å². The van der Waals surface area contributed by atoms with Gasteiger partial charge in [-0.1, -0.05) is 41.9 Å². The minimum absolute atomic E-state index is 0.135. The molecule has 0 spiro atoms. The Kier molecular flexibility index (Phi) is 4.42. The molecule has 0 heterocycles. The van der Waals surface area contributed by atoms with Crippen LogP contribution in [0.4, 0.5) is 0 Å². The summed E-state index contributed by atoms with van der Waals surface area (Å²) < 4.78 is 10.3. The standard InChI is InChI=1S/C15H13ClO3/c1-18-14-9-5-3-7-12(14)15(17)19-10-11-6-2-4-8-13(11)16/h2-9H,10H2,1H3. The molecule has 0 amide bonds. The molecular weight excluding hydrogens is 264 g/mol. The first kappa shape index (κ1) is 13.4. The molecule has 0 fully saturated rings. The van der Waals surface area contributed by atoms with E-state index in [-0.39, 0.29) is 6.61 Å². The topological polar surface area (TPSA) is 35.5 Å². The van der Waals surface area contributed by atoms with Crippen LogP contribution in [0.1, 0.15) is 15.9 Å². The van der Waals surface area contributed by atoms with Crippen molar-refractivity contribution in [2.45, 2.75) is 6.61 Å². The number of halogens is 1. The Labute approximate surface area is 116 Å². The maximum Gasteiger partial charge on any atom is 0.342 e. The van der Waals surface area contributed by atoms with Crippen molar-refractivity contribution in [3.05, 3.63) is 64.7 Å². The maximum absolute atomic E-state index is 12.0. The lowest BCUT2D eigenvalue weighted by atomic mass is 10.2. The predicted molar refractivity (Wildman–Crippen MR) is 73.6 cm³/mol. The Bertz CT molecular complexity index is 581. The normalized spacial score (nSPS) is 10.0. The molecule has 2 aromatic rings. The molecule has 2 aromatic carbocycles. The molecule has 0 aliphatic rings. The number of ether oxygens (including phenoxy) is 2. The Balaban J connectivity index is 2.08. The third-order valence-electron chi connectivity index (χ3n) is 2.64. The lowest BCUT2D eigenvalue weighted by Gasteiger charge is -2.09. The minimum atomic E-state index is -0.433. The number of para-hydroxylation sites is 1. The van der Waals surface area contributed by atoms with Gasteiger partial charge in [-0.25, -0.2) is 4.79 Å². The molecule has 0 aliphatic heterocycles. The molecule has 4 heteroatoms. The molecule has 0 aliphatic carbocycles. The molecule has 0 saturated heterocycles. The Morgan fingerprint density at radius 3 is 2.53 bits per heavy atom. The second-order valence-electron chi connectivity index (χ2n) is 3.87. The van der Waals surface area contributed by atoms with E-state index in [1.165, 1.54) is 7.11 Å². The summed E-state index contributed by atoms with van der Waals surface area (Å²) in [7, 11) is 1.51. The van der Waals surface area contributed by atoms with Crippen LogP contribution in [-0.2, 0) is 11.3 Å². The average molecular weight is 277 g/mol. The minimum Gasteiger partial charge on any atom is -0.496 e. The summed E-state index contributed by atoms with van der Waals surface area (Å²) in [6.45, 7) is 0.135. The second-order valence-corrected chi connectivity index (χ2v) is 4.28. The van der Waals surface area contributed by atoms with E-state index in [2.05, 4.69) is 0 Å². The van der Waals surface area contributed by atoms with E-state index in [1.807, 2.05) is 18.2 Å². The monoisotopic (exact) mass is 276 g/mol. The van der Waals surface area contributed by atoms with Crippen molar-refractivity contribution in [1.29, 1.82) is 0 Å². The van der Waals surface area contributed by atoms with E-state index >= 15 is 0 Å². The van der Waals surface area contributed by atoms with E-state index in [0.717, 1.165) is 5.56 Å². The quantitative estimate of drug-likeness (QED) is 0.799. The Hall–Kier alpha value is -2.00.